The molecule has 0 aliphatic rings. The summed E-state index contributed by atoms with van der Waals surface area (Å²) in [5.41, 5.74) is 2.08. The Hall–Kier alpha value is -1.80. The summed E-state index contributed by atoms with van der Waals surface area (Å²) < 4.78 is 0. The summed E-state index contributed by atoms with van der Waals surface area (Å²) in [4.78, 5) is 23.8. The monoisotopic (exact) mass is 304 g/mol. The van der Waals surface area contributed by atoms with E-state index in [0.717, 1.165) is 23.3 Å². The number of amides is 1. The number of carbonyl (C=O) groups is 2. The third kappa shape index (κ3) is 6.01. The fourth-order valence-electron chi connectivity index (χ4n) is 1.67. The van der Waals surface area contributed by atoms with Gasteiger partial charge in [0.15, 0.2) is 11.7 Å². The van der Waals surface area contributed by atoms with Crippen molar-refractivity contribution in [1.82, 2.24) is 5.32 Å². The molecule has 1 amide bonds. The van der Waals surface area contributed by atoms with E-state index in [4.69, 9.17) is 5.26 Å². The van der Waals surface area contributed by atoms with Gasteiger partial charge in [-0.1, -0.05) is 36.8 Å². The van der Waals surface area contributed by atoms with Crippen LogP contribution in [0.15, 0.2) is 24.3 Å². The summed E-state index contributed by atoms with van der Waals surface area (Å²) in [5.74, 6) is -0.976. The highest BCUT2D eigenvalue weighted by molar-refractivity contribution is 7.99. The molecule has 0 bridgehead atoms. The molecule has 0 aliphatic carbocycles. The molecule has 21 heavy (non-hydrogen) atoms. The van der Waals surface area contributed by atoms with Crippen molar-refractivity contribution >= 4 is 23.5 Å². The average molecular weight is 304 g/mol. The van der Waals surface area contributed by atoms with E-state index < -0.39 is 11.8 Å². The average Bonchev–Trinajstić information content (AvgIpc) is 2.47. The number of Topliss-reactive ketones (excluding diaryl/α,β-unsaturated/α-hetero) is 1. The van der Waals surface area contributed by atoms with Crippen molar-refractivity contribution in [3.8, 4) is 6.07 Å². The van der Waals surface area contributed by atoms with Gasteiger partial charge in [0, 0.05) is 6.54 Å². The van der Waals surface area contributed by atoms with E-state index in [1.165, 1.54) is 11.8 Å². The summed E-state index contributed by atoms with van der Waals surface area (Å²) in [5, 5.41) is 11.7. The Morgan fingerprint density at radius 1 is 1.33 bits per heavy atom. The second-order valence-electron chi connectivity index (χ2n) is 4.78. The van der Waals surface area contributed by atoms with Crippen molar-refractivity contribution < 1.29 is 9.59 Å². The van der Waals surface area contributed by atoms with Crippen LogP contribution in [0.25, 0.3) is 0 Å². The molecule has 1 rings (SSSR count). The number of carbonyl (C=O) groups excluding carboxylic acids is 2. The molecule has 1 N–H and O–H groups in total. The Bertz CT molecular complexity index is 520. The van der Waals surface area contributed by atoms with Crippen molar-refractivity contribution in [2.45, 2.75) is 26.8 Å². The number of nitriles is 1. The van der Waals surface area contributed by atoms with Crippen LogP contribution in [-0.2, 0) is 16.1 Å². The number of ketones is 1. The molecule has 0 saturated carbocycles. The second kappa shape index (κ2) is 9.19. The summed E-state index contributed by atoms with van der Waals surface area (Å²) in [6.45, 7) is 4.33. The van der Waals surface area contributed by atoms with Crippen LogP contribution in [0.5, 0.6) is 0 Å². The minimum absolute atomic E-state index is 0.212. The SMILES string of the molecule is CCCSCC(=O)C(C#N)C(=O)NCc1ccc(C)cc1. The molecule has 0 aliphatic heterocycles. The predicted molar refractivity (Wildman–Crippen MR) is 84.8 cm³/mol. The molecule has 1 aromatic carbocycles. The molecule has 112 valence electrons. The van der Waals surface area contributed by atoms with Crippen molar-refractivity contribution in [3.63, 3.8) is 0 Å². The van der Waals surface area contributed by atoms with Gasteiger partial charge in [-0.25, -0.2) is 0 Å². The number of hydrogen-bond donors (Lipinski definition) is 1. The summed E-state index contributed by atoms with van der Waals surface area (Å²) in [7, 11) is 0. The van der Waals surface area contributed by atoms with Crippen LogP contribution < -0.4 is 5.32 Å². The first kappa shape index (κ1) is 17.3. The number of aryl methyl sites for hydroxylation is 1. The quantitative estimate of drug-likeness (QED) is 0.591. The molecule has 1 aromatic rings. The standard InChI is InChI=1S/C16H20N2O2S/c1-3-8-21-11-15(19)14(9-17)16(20)18-10-13-6-4-12(2)5-7-13/h4-7,14H,3,8,10-11H2,1-2H3,(H,18,20). The van der Waals surface area contributed by atoms with Gasteiger partial charge < -0.3 is 5.32 Å². The first-order valence-electron chi connectivity index (χ1n) is 6.91. The lowest BCUT2D eigenvalue weighted by Gasteiger charge is -2.09. The molecule has 5 heteroatoms. The topological polar surface area (TPSA) is 70.0 Å². The molecule has 0 aromatic heterocycles. The van der Waals surface area contributed by atoms with Gasteiger partial charge in [0.1, 0.15) is 0 Å². The maximum atomic E-state index is 11.9. The smallest absolute Gasteiger partial charge is 0.245 e. The number of nitrogens with zero attached hydrogens (tertiary/aromatic N) is 1. The Balaban J connectivity index is 2.49. The highest BCUT2D eigenvalue weighted by Crippen LogP contribution is 2.08. The number of benzene rings is 1. The Kier molecular flexibility index (Phi) is 7.55. The molecule has 1 atom stereocenters. The van der Waals surface area contributed by atoms with Gasteiger partial charge in [0.05, 0.1) is 11.8 Å². The minimum atomic E-state index is -1.21. The van der Waals surface area contributed by atoms with Gasteiger partial charge in [-0.15, -0.1) is 0 Å². The van der Waals surface area contributed by atoms with Crippen LogP contribution in [0.2, 0.25) is 0 Å². The molecule has 4 nitrogen and oxygen atoms in total. The van der Waals surface area contributed by atoms with Crippen LogP contribution in [0.1, 0.15) is 24.5 Å². The van der Waals surface area contributed by atoms with Crippen molar-refractivity contribution in [2.24, 2.45) is 5.92 Å². The van der Waals surface area contributed by atoms with E-state index in [0.29, 0.717) is 6.54 Å². The number of nitrogens with one attached hydrogen (secondary N) is 1. The number of hydrogen-bond acceptors (Lipinski definition) is 4. The predicted octanol–water partition coefficient (Wildman–Crippen LogP) is 2.46. The number of rotatable bonds is 8. The largest absolute Gasteiger partial charge is 0.350 e. The van der Waals surface area contributed by atoms with E-state index >= 15 is 0 Å². The van der Waals surface area contributed by atoms with Crippen LogP contribution >= 0.6 is 11.8 Å². The minimum Gasteiger partial charge on any atom is -0.350 e. The highest BCUT2D eigenvalue weighted by Gasteiger charge is 2.25. The lowest BCUT2D eigenvalue weighted by atomic mass is 10.1. The van der Waals surface area contributed by atoms with Gasteiger partial charge in [-0.05, 0) is 24.7 Å². The van der Waals surface area contributed by atoms with Gasteiger partial charge in [0.2, 0.25) is 5.91 Å². The van der Waals surface area contributed by atoms with Crippen LogP contribution in [-0.4, -0.2) is 23.2 Å². The van der Waals surface area contributed by atoms with Gasteiger partial charge in [-0.3, -0.25) is 9.59 Å². The zero-order chi connectivity index (χ0) is 15.7. The second-order valence-corrected chi connectivity index (χ2v) is 5.89. The molecule has 0 heterocycles. The molecule has 0 fully saturated rings. The summed E-state index contributed by atoms with van der Waals surface area (Å²) in [6.07, 6.45) is 0.967. The first-order valence-corrected chi connectivity index (χ1v) is 8.07. The van der Waals surface area contributed by atoms with Crippen molar-refractivity contribution in [3.05, 3.63) is 35.4 Å². The van der Waals surface area contributed by atoms with Crippen LogP contribution in [0.4, 0.5) is 0 Å². The fraction of sp³-hybridized carbons (Fsp3) is 0.438. The van der Waals surface area contributed by atoms with E-state index in [1.54, 1.807) is 6.07 Å². The Morgan fingerprint density at radius 3 is 2.57 bits per heavy atom. The molecule has 1 unspecified atom stereocenters. The first-order chi connectivity index (χ1) is 10.1. The molecule has 0 saturated heterocycles. The van der Waals surface area contributed by atoms with E-state index in [1.807, 2.05) is 38.1 Å². The third-order valence-corrected chi connectivity index (χ3v) is 4.08. The molecule has 0 spiro atoms. The van der Waals surface area contributed by atoms with Crippen LogP contribution in [0, 0.1) is 24.2 Å². The summed E-state index contributed by atoms with van der Waals surface area (Å²) >= 11 is 1.46. The Morgan fingerprint density at radius 2 is 2.00 bits per heavy atom. The van der Waals surface area contributed by atoms with Gasteiger partial charge in [0.25, 0.3) is 0 Å². The third-order valence-electron chi connectivity index (χ3n) is 2.89. The zero-order valence-corrected chi connectivity index (χ0v) is 13.2. The zero-order valence-electron chi connectivity index (χ0n) is 12.4. The molecule has 0 radical (unpaired) electrons. The highest BCUT2D eigenvalue weighted by atomic mass is 32.2. The Labute approximate surface area is 129 Å². The van der Waals surface area contributed by atoms with Crippen molar-refractivity contribution in [1.29, 1.82) is 5.26 Å². The maximum Gasteiger partial charge on any atom is 0.245 e. The van der Waals surface area contributed by atoms with E-state index in [2.05, 4.69) is 5.32 Å². The van der Waals surface area contributed by atoms with E-state index in [9.17, 15) is 9.59 Å². The van der Waals surface area contributed by atoms with Crippen molar-refractivity contribution in [2.75, 3.05) is 11.5 Å². The lowest BCUT2D eigenvalue weighted by Crippen LogP contribution is -2.35. The maximum absolute atomic E-state index is 11.9. The van der Waals surface area contributed by atoms with Gasteiger partial charge >= 0.3 is 0 Å². The fourth-order valence-corrected chi connectivity index (χ4v) is 2.48. The normalized spacial score (nSPS) is 11.5. The van der Waals surface area contributed by atoms with Gasteiger partial charge in [-0.2, -0.15) is 17.0 Å². The molecular weight excluding hydrogens is 284 g/mol. The molecular formula is C16H20N2O2S. The van der Waals surface area contributed by atoms with E-state index in [-0.39, 0.29) is 11.5 Å². The number of thioether (sulfide) groups is 1. The lowest BCUT2D eigenvalue weighted by molar-refractivity contribution is -0.130. The summed E-state index contributed by atoms with van der Waals surface area (Å²) in [6, 6.07) is 9.53. The van der Waals surface area contributed by atoms with Crippen LogP contribution in [0.3, 0.4) is 0 Å².